The molecule has 0 unspecified atom stereocenters. The molecule has 1 aromatic carbocycles. The maximum Gasteiger partial charge on any atom is 0.419 e. The van der Waals surface area contributed by atoms with Crippen molar-refractivity contribution in [2.24, 2.45) is 5.73 Å². The first-order valence-corrected chi connectivity index (χ1v) is 6.57. The van der Waals surface area contributed by atoms with E-state index in [1.807, 2.05) is 13.8 Å². The summed E-state index contributed by atoms with van der Waals surface area (Å²) in [5.41, 5.74) is 3.22. The third-order valence-corrected chi connectivity index (χ3v) is 3.56. The minimum atomic E-state index is -4.84. The van der Waals surface area contributed by atoms with Crippen molar-refractivity contribution in [2.75, 3.05) is 6.54 Å². The molecule has 0 atom stereocenters. The predicted octanol–water partition coefficient (Wildman–Crippen LogP) is 3.51. The monoisotopic (exact) mass is 342 g/mol. The van der Waals surface area contributed by atoms with E-state index in [9.17, 15) is 22.4 Å². The van der Waals surface area contributed by atoms with Crippen molar-refractivity contribution >= 4 is 18.3 Å². The highest BCUT2D eigenvalue weighted by Crippen LogP contribution is 2.32. The number of halogens is 5. The molecule has 8 heteroatoms. The fourth-order valence-corrected chi connectivity index (χ4v) is 1.78. The summed E-state index contributed by atoms with van der Waals surface area (Å²) < 4.78 is 51.5. The second kappa shape index (κ2) is 7.78. The Morgan fingerprint density at radius 2 is 1.77 bits per heavy atom. The minimum Gasteiger partial charge on any atom is -0.350 e. The fourth-order valence-electron chi connectivity index (χ4n) is 1.78. The molecule has 0 heterocycles. The SMILES string of the molecule is CCC(N)(CC)CNC(=O)c1cccc(C(F)(F)F)c1F.Cl. The highest BCUT2D eigenvalue weighted by atomic mass is 35.5. The summed E-state index contributed by atoms with van der Waals surface area (Å²) in [5.74, 6) is -2.48. The lowest BCUT2D eigenvalue weighted by atomic mass is 9.94. The summed E-state index contributed by atoms with van der Waals surface area (Å²) in [7, 11) is 0. The van der Waals surface area contributed by atoms with Gasteiger partial charge in [-0.1, -0.05) is 19.9 Å². The van der Waals surface area contributed by atoms with Gasteiger partial charge in [-0.05, 0) is 25.0 Å². The van der Waals surface area contributed by atoms with Gasteiger partial charge in [0.05, 0.1) is 11.1 Å². The van der Waals surface area contributed by atoms with Crippen molar-refractivity contribution in [3.05, 3.63) is 35.1 Å². The van der Waals surface area contributed by atoms with E-state index in [2.05, 4.69) is 5.32 Å². The zero-order valence-electron chi connectivity index (χ0n) is 12.3. The maximum atomic E-state index is 13.8. The zero-order valence-corrected chi connectivity index (χ0v) is 13.1. The molecule has 0 aliphatic heterocycles. The Kier molecular flexibility index (Phi) is 7.31. The third-order valence-electron chi connectivity index (χ3n) is 3.56. The van der Waals surface area contributed by atoms with Crippen LogP contribution in [-0.4, -0.2) is 18.0 Å². The van der Waals surface area contributed by atoms with Gasteiger partial charge in [0.2, 0.25) is 0 Å². The molecule has 0 bridgehead atoms. The van der Waals surface area contributed by atoms with Crippen LogP contribution in [0.2, 0.25) is 0 Å². The number of hydrogen-bond donors (Lipinski definition) is 2. The van der Waals surface area contributed by atoms with Crippen molar-refractivity contribution in [1.29, 1.82) is 0 Å². The molecule has 0 spiro atoms. The molecule has 0 fully saturated rings. The lowest BCUT2D eigenvalue weighted by molar-refractivity contribution is -0.140. The summed E-state index contributed by atoms with van der Waals surface area (Å²) in [6.45, 7) is 3.73. The van der Waals surface area contributed by atoms with E-state index in [0.29, 0.717) is 18.9 Å². The summed E-state index contributed by atoms with van der Waals surface area (Å²) in [6, 6.07) is 2.60. The number of carbonyl (C=O) groups excluding carboxylic acids is 1. The fraction of sp³-hybridized carbons (Fsp3) is 0.500. The first-order chi connectivity index (χ1) is 9.64. The van der Waals surface area contributed by atoms with Gasteiger partial charge in [-0.2, -0.15) is 13.2 Å². The highest BCUT2D eigenvalue weighted by molar-refractivity contribution is 5.94. The Labute approximate surface area is 132 Å². The highest BCUT2D eigenvalue weighted by Gasteiger charge is 2.35. The van der Waals surface area contributed by atoms with Gasteiger partial charge in [-0.15, -0.1) is 12.4 Å². The molecular formula is C14H19ClF4N2O. The van der Waals surface area contributed by atoms with E-state index in [1.54, 1.807) is 0 Å². The molecule has 1 rings (SSSR count). The van der Waals surface area contributed by atoms with Crippen molar-refractivity contribution in [3.63, 3.8) is 0 Å². The van der Waals surface area contributed by atoms with E-state index in [1.165, 1.54) is 0 Å². The molecule has 3 N–H and O–H groups in total. The molecule has 3 nitrogen and oxygen atoms in total. The lowest BCUT2D eigenvalue weighted by Gasteiger charge is -2.26. The van der Waals surface area contributed by atoms with Crippen molar-refractivity contribution in [2.45, 2.75) is 38.4 Å². The first kappa shape index (κ1) is 20.7. The number of amides is 1. The minimum absolute atomic E-state index is 0. The van der Waals surface area contributed by atoms with Gasteiger partial charge >= 0.3 is 6.18 Å². The molecule has 0 aliphatic carbocycles. The molecule has 0 saturated carbocycles. The second-order valence-corrected chi connectivity index (χ2v) is 4.92. The Balaban J connectivity index is 0.00000441. The van der Waals surface area contributed by atoms with E-state index < -0.39 is 34.6 Å². The van der Waals surface area contributed by atoms with Gasteiger partial charge in [-0.25, -0.2) is 4.39 Å². The van der Waals surface area contributed by atoms with Crippen LogP contribution in [0.3, 0.4) is 0 Å². The van der Waals surface area contributed by atoms with Crippen LogP contribution in [0.15, 0.2) is 18.2 Å². The molecular weight excluding hydrogens is 324 g/mol. The zero-order chi connectivity index (χ0) is 16.3. The molecule has 1 aromatic rings. The van der Waals surface area contributed by atoms with Crippen LogP contribution in [0.5, 0.6) is 0 Å². The van der Waals surface area contributed by atoms with E-state index in [-0.39, 0.29) is 19.0 Å². The number of carbonyl (C=O) groups is 1. The van der Waals surface area contributed by atoms with Gasteiger partial charge < -0.3 is 11.1 Å². The summed E-state index contributed by atoms with van der Waals surface area (Å²) in [4.78, 5) is 11.8. The van der Waals surface area contributed by atoms with Gasteiger partial charge in [0.15, 0.2) is 0 Å². The average Bonchev–Trinajstić information content (AvgIpc) is 2.43. The number of hydrogen-bond acceptors (Lipinski definition) is 2. The van der Waals surface area contributed by atoms with Crippen LogP contribution >= 0.6 is 12.4 Å². The number of benzene rings is 1. The first-order valence-electron chi connectivity index (χ1n) is 6.57. The Bertz CT molecular complexity index is 516. The van der Waals surface area contributed by atoms with Crippen molar-refractivity contribution < 1.29 is 22.4 Å². The van der Waals surface area contributed by atoms with Gasteiger partial charge in [0, 0.05) is 12.1 Å². The van der Waals surface area contributed by atoms with Crippen LogP contribution < -0.4 is 11.1 Å². The summed E-state index contributed by atoms with van der Waals surface area (Å²) in [6.07, 6.45) is -3.69. The van der Waals surface area contributed by atoms with Crippen molar-refractivity contribution in [1.82, 2.24) is 5.32 Å². The molecule has 0 radical (unpaired) electrons. The normalized spacial score (nSPS) is 11.8. The Morgan fingerprint density at radius 3 is 2.23 bits per heavy atom. The quantitative estimate of drug-likeness (QED) is 0.804. The number of alkyl halides is 3. The summed E-state index contributed by atoms with van der Waals surface area (Å²) in [5, 5.41) is 2.39. The van der Waals surface area contributed by atoms with E-state index >= 15 is 0 Å². The molecule has 22 heavy (non-hydrogen) atoms. The molecule has 0 aromatic heterocycles. The van der Waals surface area contributed by atoms with E-state index in [0.717, 1.165) is 12.1 Å². The second-order valence-electron chi connectivity index (χ2n) is 4.92. The van der Waals surface area contributed by atoms with Crippen LogP contribution in [0.25, 0.3) is 0 Å². The topological polar surface area (TPSA) is 55.1 Å². The molecule has 0 aliphatic rings. The number of nitrogens with two attached hydrogens (primary N) is 1. The number of rotatable bonds is 5. The maximum absolute atomic E-state index is 13.8. The van der Waals surface area contributed by atoms with Gasteiger partial charge in [0.25, 0.3) is 5.91 Å². The Morgan fingerprint density at radius 1 is 1.23 bits per heavy atom. The standard InChI is InChI=1S/C14H18F4N2O.ClH/c1-3-13(19,4-2)8-20-12(21)9-6-5-7-10(11(9)15)14(16,17)18;/h5-7H,3-4,8,19H2,1-2H3,(H,20,21);1H. The molecule has 0 saturated heterocycles. The molecule has 126 valence electrons. The predicted molar refractivity (Wildman–Crippen MR) is 78.5 cm³/mol. The van der Waals surface area contributed by atoms with Crippen LogP contribution in [0.4, 0.5) is 17.6 Å². The van der Waals surface area contributed by atoms with Crippen LogP contribution in [-0.2, 0) is 6.18 Å². The van der Waals surface area contributed by atoms with Crippen molar-refractivity contribution in [3.8, 4) is 0 Å². The summed E-state index contributed by atoms with van der Waals surface area (Å²) >= 11 is 0. The van der Waals surface area contributed by atoms with E-state index in [4.69, 9.17) is 5.73 Å². The Hall–Kier alpha value is -1.34. The molecule has 1 amide bonds. The largest absolute Gasteiger partial charge is 0.419 e. The van der Waals surface area contributed by atoms with Gasteiger partial charge in [-0.3, -0.25) is 4.79 Å². The van der Waals surface area contributed by atoms with Gasteiger partial charge in [0.1, 0.15) is 5.82 Å². The third kappa shape index (κ3) is 4.84. The number of nitrogens with one attached hydrogen (secondary N) is 1. The van der Waals surface area contributed by atoms with Crippen LogP contribution in [0, 0.1) is 5.82 Å². The lowest BCUT2D eigenvalue weighted by Crippen LogP contribution is -2.49. The average molecular weight is 343 g/mol. The smallest absolute Gasteiger partial charge is 0.350 e. The van der Waals surface area contributed by atoms with Crippen LogP contribution in [0.1, 0.15) is 42.6 Å².